The molecule has 1 fully saturated rings. The third-order valence-electron chi connectivity index (χ3n) is 3.84. The van der Waals surface area contributed by atoms with Gasteiger partial charge in [-0.25, -0.2) is 0 Å². The number of carbonyl (C=O) groups excluding carboxylic acids is 1. The van der Waals surface area contributed by atoms with E-state index in [-0.39, 0.29) is 0 Å². The molecule has 0 amide bonds. The summed E-state index contributed by atoms with van der Waals surface area (Å²) in [5, 5.41) is 0. The van der Waals surface area contributed by atoms with Crippen molar-refractivity contribution in [2.24, 2.45) is 10.9 Å². The van der Waals surface area contributed by atoms with Gasteiger partial charge in [0.1, 0.15) is 11.5 Å². The minimum absolute atomic E-state index is 0.337. The molecule has 3 heteroatoms. The van der Waals surface area contributed by atoms with Gasteiger partial charge in [-0.2, -0.15) is 0 Å². The molecule has 0 bridgehead atoms. The van der Waals surface area contributed by atoms with Gasteiger partial charge in [-0.3, -0.25) is 9.79 Å². The second kappa shape index (κ2) is 8.40. The van der Waals surface area contributed by atoms with E-state index in [9.17, 15) is 4.79 Å². The van der Waals surface area contributed by atoms with E-state index in [1.165, 1.54) is 25.7 Å². The Balaban J connectivity index is 1.77. The second-order valence-corrected chi connectivity index (χ2v) is 5.50. The standard InChI is InChI=1S/C18H23NO2/c1-19-16(11-12-18-10-5-13-21-18)8-4-9-17(20)14-15-6-2-3-7-15/h4-5,8,10-13,15H,2-3,6-7,9,14H2,1H3/b8-4-,12-11+,19-16?. The summed E-state index contributed by atoms with van der Waals surface area (Å²) < 4.78 is 5.23. The van der Waals surface area contributed by atoms with Crippen LogP contribution in [0.15, 0.2) is 46.0 Å². The summed E-state index contributed by atoms with van der Waals surface area (Å²) in [5.41, 5.74) is 0.833. The summed E-state index contributed by atoms with van der Waals surface area (Å²) in [6.07, 6.45) is 15.5. The first-order chi connectivity index (χ1) is 10.3. The van der Waals surface area contributed by atoms with Crippen LogP contribution >= 0.6 is 0 Å². The maximum Gasteiger partial charge on any atom is 0.136 e. The highest BCUT2D eigenvalue weighted by Gasteiger charge is 2.17. The highest BCUT2D eigenvalue weighted by atomic mass is 16.3. The zero-order valence-corrected chi connectivity index (χ0v) is 12.6. The highest BCUT2D eigenvalue weighted by molar-refractivity contribution is 6.06. The number of ketones is 1. The average molecular weight is 285 g/mol. The van der Waals surface area contributed by atoms with E-state index in [1.807, 2.05) is 36.4 Å². The quantitative estimate of drug-likeness (QED) is 0.694. The SMILES string of the molecule is CN=C(/C=C\CC(=O)CC1CCCC1)/C=C/c1ccco1. The van der Waals surface area contributed by atoms with Crippen LogP contribution < -0.4 is 0 Å². The lowest BCUT2D eigenvalue weighted by atomic mass is 9.99. The minimum atomic E-state index is 0.337. The third-order valence-corrected chi connectivity index (χ3v) is 3.84. The number of hydrogen-bond acceptors (Lipinski definition) is 3. The second-order valence-electron chi connectivity index (χ2n) is 5.50. The molecule has 3 nitrogen and oxygen atoms in total. The molecule has 0 N–H and O–H groups in total. The van der Waals surface area contributed by atoms with Gasteiger partial charge < -0.3 is 4.42 Å². The van der Waals surface area contributed by atoms with Crippen LogP contribution in [0.2, 0.25) is 0 Å². The molecule has 0 atom stereocenters. The van der Waals surface area contributed by atoms with Crippen LogP contribution in [0.3, 0.4) is 0 Å². The van der Waals surface area contributed by atoms with Crippen molar-refractivity contribution in [2.75, 3.05) is 7.05 Å². The summed E-state index contributed by atoms with van der Waals surface area (Å²) in [5.74, 6) is 1.76. The van der Waals surface area contributed by atoms with E-state index in [0.717, 1.165) is 17.9 Å². The lowest BCUT2D eigenvalue weighted by molar-refractivity contribution is -0.119. The molecule has 0 aromatic carbocycles. The molecule has 1 aliphatic rings. The van der Waals surface area contributed by atoms with Gasteiger partial charge in [0.2, 0.25) is 0 Å². The minimum Gasteiger partial charge on any atom is -0.465 e. The molecule has 0 unspecified atom stereocenters. The molecular formula is C18H23NO2. The fourth-order valence-electron chi connectivity index (χ4n) is 2.69. The molecule has 1 heterocycles. The van der Waals surface area contributed by atoms with Crippen LogP contribution in [-0.2, 0) is 4.79 Å². The summed E-state index contributed by atoms with van der Waals surface area (Å²) in [7, 11) is 1.74. The lowest BCUT2D eigenvalue weighted by Crippen LogP contribution is -2.04. The van der Waals surface area contributed by atoms with Crippen molar-refractivity contribution in [3.05, 3.63) is 42.4 Å². The highest BCUT2D eigenvalue weighted by Crippen LogP contribution is 2.27. The van der Waals surface area contributed by atoms with Crippen LogP contribution in [0.5, 0.6) is 0 Å². The Morgan fingerprint density at radius 2 is 2.19 bits per heavy atom. The average Bonchev–Trinajstić information content (AvgIpc) is 3.15. The van der Waals surface area contributed by atoms with E-state index in [4.69, 9.17) is 4.42 Å². The molecule has 0 aliphatic heterocycles. The summed E-state index contributed by atoms with van der Waals surface area (Å²) in [6.45, 7) is 0. The maximum absolute atomic E-state index is 11.9. The van der Waals surface area contributed by atoms with Gasteiger partial charge in [-0.15, -0.1) is 0 Å². The summed E-state index contributed by atoms with van der Waals surface area (Å²) in [4.78, 5) is 16.1. The van der Waals surface area contributed by atoms with Gasteiger partial charge in [-0.05, 0) is 36.3 Å². The van der Waals surface area contributed by atoms with Gasteiger partial charge >= 0.3 is 0 Å². The van der Waals surface area contributed by atoms with E-state index in [2.05, 4.69) is 4.99 Å². The Bertz CT molecular complexity index is 517. The van der Waals surface area contributed by atoms with Gasteiger partial charge in [0.25, 0.3) is 0 Å². The molecular weight excluding hydrogens is 262 g/mol. The van der Waals surface area contributed by atoms with Gasteiger partial charge in [0.15, 0.2) is 0 Å². The van der Waals surface area contributed by atoms with E-state index >= 15 is 0 Å². The predicted octanol–water partition coefficient (Wildman–Crippen LogP) is 4.46. The lowest BCUT2D eigenvalue weighted by Gasteiger charge is -2.05. The first-order valence-electron chi connectivity index (χ1n) is 7.64. The first kappa shape index (κ1) is 15.5. The van der Waals surface area contributed by atoms with Crippen molar-refractivity contribution in [3.8, 4) is 0 Å². The molecule has 2 rings (SSSR count). The van der Waals surface area contributed by atoms with Crippen LogP contribution in [0.4, 0.5) is 0 Å². The molecule has 1 aromatic rings. The van der Waals surface area contributed by atoms with E-state index in [0.29, 0.717) is 18.1 Å². The number of allylic oxidation sites excluding steroid dienone is 3. The summed E-state index contributed by atoms with van der Waals surface area (Å²) >= 11 is 0. The Hall–Kier alpha value is -1.90. The van der Waals surface area contributed by atoms with Crippen molar-refractivity contribution in [1.82, 2.24) is 0 Å². The van der Waals surface area contributed by atoms with Crippen molar-refractivity contribution in [3.63, 3.8) is 0 Å². The van der Waals surface area contributed by atoms with Crippen LogP contribution in [-0.4, -0.2) is 18.5 Å². The van der Waals surface area contributed by atoms with Crippen molar-refractivity contribution in [2.45, 2.75) is 38.5 Å². The van der Waals surface area contributed by atoms with Gasteiger partial charge in [-0.1, -0.05) is 31.8 Å². The van der Waals surface area contributed by atoms with Gasteiger partial charge in [0, 0.05) is 19.9 Å². The van der Waals surface area contributed by atoms with Crippen molar-refractivity contribution >= 4 is 17.6 Å². The number of nitrogens with zero attached hydrogens (tertiary/aromatic N) is 1. The van der Waals surface area contributed by atoms with E-state index < -0.39 is 0 Å². The van der Waals surface area contributed by atoms with Crippen LogP contribution in [0, 0.1) is 5.92 Å². The Morgan fingerprint density at radius 3 is 2.86 bits per heavy atom. The number of carbonyl (C=O) groups is 1. The maximum atomic E-state index is 11.9. The largest absolute Gasteiger partial charge is 0.465 e. The fraction of sp³-hybridized carbons (Fsp3) is 0.444. The Morgan fingerprint density at radius 1 is 1.38 bits per heavy atom. The first-order valence-corrected chi connectivity index (χ1v) is 7.64. The molecule has 21 heavy (non-hydrogen) atoms. The molecule has 1 saturated carbocycles. The Kier molecular flexibility index (Phi) is 6.20. The zero-order valence-electron chi connectivity index (χ0n) is 12.6. The monoisotopic (exact) mass is 285 g/mol. The Labute approximate surface area is 126 Å². The summed E-state index contributed by atoms with van der Waals surface area (Å²) in [6, 6.07) is 3.73. The van der Waals surface area contributed by atoms with E-state index in [1.54, 1.807) is 13.3 Å². The topological polar surface area (TPSA) is 42.6 Å². The number of aliphatic imine (C=N–C) groups is 1. The van der Waals surface area contributed by atoms with Gasteiger partial charge in [0.05, 0.1) is 12.0 Å². The molecule has 0 radical (unpaired) electrons. The number of hydrogen-bond donors (Lipinski definition) is 0. The smallest absolute Gasteiger partial charge is 0.136 e. The molecule has 1 aromatic heterocycles. The number of Topliss-reactive ketones (excluding diaryl/α,β-unsaturated/α-hetero) is 1. The third kappa shape index (κ3) is 5.54. The normalized spacial score (nSPS) is 17.3. The molecule has 0 spiro atoms. The fourth-order valence-corrected chi connectivity index (χ4v) is 2.69. The molecule has 1 aliphatic carbocycles. The zero-order chi connectivity index (χ0) is 14.9. The van der Waals surface area contributed by atoms with Crippen LogP contribution in [0.25, 0.3) is 6.08 Å². The number of rotatable bonds is 7. The molecule has 0 saturated heterocycles. The molecule has 112 valence electrons. The van der Waals surface area contributed by atoms with Crippen LogP contribution in [0.1, 0.15) is 44.3 Å². The van der Waals surface area contributed by atoms with Crippen molar-refractivity contribution in [1.29, 1.82) is 0 Å². The predicted molar refractivity (Wildman–Crippen MR) is 86.4 cm³/mol. The van der Waals surface area contributed by atoms with Crippen molar-refractivity contribution < 1.29 is 9.21 Å². The number of furan rings is 1.